The van der Waals surface area contributed by atoms with E-state index in [4.69, 9.17) is 9.84 Å². The molecular formula is C22H28N2O3. The van der Waals surface area contributed by atoms with Crippen molar-refractivity contribution >= 4 is 5.97 Å². The summed E-state index contributed by atoms with van der Waals surface area (Å²) in [6, 6.07) is 15.7. The van der Waals surface area contributed by atoms with Gasteiger partial charge in [0, 0.05) is 32.7 Å². The molecule has 1 aliphatic rings. The van der Waals surface area contributed by atoms with E-state index >= 15 is 0 Å². The largest absolute Gasteiger partial charge is 0.478 e. The Bertz CT molecular complexity index is 733. The normalized spacial score (nSPS) is 20.5. The smallest absolute Gasteiger partial charge is 0.335 e. The van der Waals surface area contributed by atoms with E-state index in [2.05, 4.69) is 48.3 Å². The summed E-state index contributed by atoms with van der Waals surface area (Å²) < 4.78 is 5.79. The minimum atomic E-state index is -0.893. The number of rotatable bonds is 7. The Kier molecular flexibility index (Phi) is 6.61. The molecule has 0 spiro atoms. The lowest BCUT2D eigenvalue weighted by molar-refractivity contribution is -0.0704. The number of aromatic carboxylic acids is 1. The monoisotopic (exact) mass is 368 g/mol. The van der Waals surface area contributed by atoms with Crippen LogP contribution in [-0.4, -0.2) is 41.3 Å². The van der Waals surface area contributed by atoms with Crippen LogP contribution in [0.15, 0.2) is 48.5 Å². The fourth-order valence-corrected chi connectivity index (χ4v) is 3.55. The van der Waals surface area contributed by atoms with Gasteiger partial charge in [-0.1, -0.05) is 36.4 Å². The second-order valence-corrected chi connectivity index (χ2v) is 7.37. The van der Waals surface area contributed by atoms with E-state index in [1.165, 1.54) is 11.1 Å². The Labute approximate surface area is 161 Å². The molecule has 2 unspecified atom stereocenters. The van der Waals surface area contributed by atoms with Crippen molar-refractivity contribution in [2.75, 3.05) is 13.1 Å². The predicted molar refractivity (Wildman–Crippen MR) is 106 cm³/mol. The zero-order valence-electron chi connectivity index (χ0n) is 16.0. The van der Waals surface area contributed by atoms with Gasteiger partial charge in [-0.2, -0.15) is 0 Å². The van der Waals surface area contributed by atoms with Crippen molar-refractivity contribution < 1.29 is 14.6 Å². The highest BCUT2D eigenvalue weighted by Gasteiger charge is 2.21. The Balaban J connectivity index is 1.45. The van der Waals surface area contributed by atoms with Crippen LogP contribution >= 0.6 is 0 Å². The minimum absolute atomic E-state index is 0.293. The van der Waals surface area contributed by atoms with E-state index in [9.17, 15) is 4.79 Å². The number of benzene rings is 2. The van der Waals surface area contributed by atoms with Crippen LogP contribution in [0.4, 0.5) is 0 Å². The van der Waals surface area contributed by atoms with Gasteiger partial charge in [-0.15, -0.1) is 0 Å². The zero-order chi connectivity index (χ0) is 19.2. The summed E-state index contributed by atoms with van der Waals surface area (Å²) in [4.78, 5) is 13.3. The summed E-state index contributed by atoms with van der Waals surface area (Å²) in [6.07, 6.45) is 0.587. The van der Waals surface area contributed by atoms with Crippen LogP contribution in [0.5, 0.6) is 0 Å². The molecular weight excluding hydrogens is 340 g/mol. The molecule has 27 heavy (non-hydrogen) atoms. The molecule has 3 rings (SSSR count). The van der Waals surface area contributed by atoms with Crippen LogP contribution in [0.25, 0.3) is 0 Å². The standard InChI is InChI=1S/C22H28N2O3/c1-16-13-24(14-17(2)27-16)15-20-5-3-18(4-6-20)11-23-12-19-7-9-21(10-8-19)22(25)26/h3-10,16-17,23H,11-15H2,1-2H3,(H,25,26). The molecule has 144 valence electrons. The minimum Gasteiger partial charge on any atom is -0.478 e. The van der Waals surface area contributed by atoms with Crippen molar-refractivity contribution in [3.8, 4) is 0 Å². The first-order valence-electron chi connectivity index (χ1n) is 9.48. The van der Waals surface area contributed by atoms with Crippen molar-refractivity contribution in [3.05, 3.63) is 70.8 Å². The predicted octanol–water partition coefficient (Wildman–Crippen LogP) is 3.28. The lowest BCUT2D eigenvalue weighted by atomic mass is 10.1. The van der Waals surface area contributed by atoms with Gasteiger partial charge in [-0.3, -0.25) is 4.90 Å². The average Bonchev–Trinajstić information content (AvgIpc) is 2.63. The molecule has 0 aliphatic carbocycles. The van der Waals surface area contributed by atoms with Gasteiger partial charge in [0.15, 0.2) is 0 Å². The lowest BCUT2D eigenvalue weighted by Crippen LogP contribution is -2.44. The molecule has 0 amide bonds. The summed E-state index contributed by atoms with van der Waals surface area (Å²) in [5, 5.41) is 12.3. The Hall–Kier alpha value is -2.21. The van der Waals surface area contributed by atoms with Gasteiger partial charge >= 0.3 is 5.97 Å². The summed E-state index contributed by atoms with van der Waals surface area (Å²) in [5.41, 5.74) is 3.96. The molecule has 1 fully saturated rings. The van der Waals surface area contributed by atoms with E-state index < -0.39 is 5.97 Å². The number of hydrogen-bond acceptors (Lipinski definition) is 4. The zero-order valence-corrected chi connectivity index (χ0v) is 16.0. The van der Waals surface area contributed by atoms with Crippen LogP contribution in [0.1, 0.15) is 40.9 Å². The molecule has 1 heterocycles. The molecule has 2 aromatic rings. The Morgan fingerprint density at radius 1 is 0.963 bits per heavy atom. The number of carbonyl (C=O) groups is 1. The van der Waals surface area contributed by atoms with Gasteiger partial charge in [0.1, 0.15) is 0 Å². The number of hydrogen-bond donors (Lipinski definition) is 2. The molecule has 0 radical (unpaired) electrons. The second kappa shape index (κ2) is 9.13. The van der Waals surface area contributed by atoms with Crippen LogP contribution in [-0.2, 0) is 24.4 Å². The number of nitrogens with one attached hydrogen (secondary N) is 1. The van der Waals surface area contributed by atoms with Gasteiger partial charge in [0.2, 0.25) is 0 Å². The Morgan fingerprint density at radius 2 is 1.44 bits per heavy atom. The maximum absolute atomic E-state index is 10.9. The van der Waals surface area contributed by atoms with Gasteiger partial charge in [-0.25, -0.2) is 4.79 Å². The van der Waals surface area contributed by atoms with Crippen LogP contribution in [0.2, 0.25) is 0 Å². The van der Waals surface area contributed by atoms with E-state index in [-0.39, 0.29) is 0 Å². The van der Waals surface area contributed by atoms with Gasteiger partial charge in [0.25, 0.3) is 0 Å². The van der Waals surface area contributed by atoms with Gasteiger partial charge in [-0.05, 0) is 42.7 Å². The summed E-state index contributed by atoms with van der Waals surface area (Å²) in [7, 11) is 0. The van der Waals surface area contributed by atoms with Crippen molar-refractivity contribution in [2.24, 2.45) is 0 Å². The SMILES string of the molecule is CC1CN(Cc2ccc(CNCc3ccc(C(=O)O)cc3)cc2)CC(C)O1. The Morgan fingerprint density at radius 3 is 1.96 bits per heavy atom. The van der Waals surface area contributed by atoms with E-state index in [0.717, 1.165) is 31.7 Å². The molecule has 2 atom stereocenters. The molecule has 1 saturated heterocycles. The summed E-state index contributed by atoms with van der Waals surface area (Å²) in [5.74, 6) is -0.893. The number of nitrogens with zero attached hydrogens (tertiary/aromatic N) is 1. The van der Waals surface area contributed by atoms with Crippen molar-refractivity contribution in [3.63, 3.8) is 0 Å². The molecule has 5 heteroatoms. The fourth-order valence-electron chi connectivity index (χ4n) is 3.55. The average molecular weight is 368 g/mol. The third kappa shape index (κ3) is 5.89. The van der Waals surface area contributed by atoms with Crippen LogP contribution in [0.3, 0.4) is 0 Å². The number of ether oxygens (including phenoxy) is 1. The molecule has 0 bridgehead atoms. The number of carboxylic acids is 1. The third-order valence-corrected chi connectivity index (χ3v) is 4.78. The number of carboxylic acid groups (broad SMARTS) is 1. The first kappa shape index (κ1) is 19.5. The third-order valence-electron chi connectivity index (χ3n) is 4.78. The highest BCUT2D eigenvalue weighted by Crippen LogP contribution is 2.15. The second-order valence-electron chi connectivity index (χ2n) is 7.37. The molecule has 1 aliphatic heterocycles. The highest BCUT2D eigenvalue weighted by atomic mass is 16.5. The van der Waals surface area contributed by atoms with E-state index in [1.807, 2.05) is 12.1 Å². The summed E-state index contributed by atoms with van der Waals surface area (Å²) in [6.45, 7) is 8.68. The maximum Gasteiger partial charge on any atom is 0.335 e. The maximum atomic E-state index is 10.9. The van der Waals surface area contributed by atoms with E-state index in [1.54, 1.807) is 12.1 Å². The first-order valence-corrected chi connectivity index (χ1v) is 9.48. The number of morpholine rings is 1. The van der Waals surface area contributed by atoms with Crippen LogP contribution < -0.4 is 5.32 Å². The molecule has 0 saturated carbocycles. The molecule has 5 nitrogen and oxygen atoms in total. The van der Waals surface area contributed by atoms with Crippen LogP contribution in [0, 0.1) is 0 Å². The topological polar surface area (TPSA) is 61.8 Å². The molecule has 2 aromatic carbocycles. The van der Waals surface area contributed by atoms with Crippen molar-refractivity contribution in [1.29, 1.82) is 0 Å². The van der Waals surface area contributed by atoms with Crippen molar-refractivity contribution in [2.45, 2.75) is 45.7 Å². The lowest BCUT2D eigenvalue weighted by Gasteiger charge is -2.35. The van der Waals surface area contributed by atoms with E-state index in [0.29, 0.717) is 24.3 Å². The first-order chi connectivity index (χ1) is 13.0. The molecule has 0 aromatic heterocycles. The fraction of sp³-hybridized carbons (Fsp3) is 0.409. The highest BCUT2D eigenvalue weighted by molar-refractivity contribution is 5.87. The quantitative estimate of drug-likeness (QED) is 0.785. The van der Waals surface area contributed by atoms with Gasteiger partial charge < -0.3 is 15.2 Å². The van der Waals surface area contributed by atoms with Gasteiger partial charge in [0.05, 0.1) is 17.8 Å². The summed E-state index contributed by atoms with van der Waals surface area (Å²) >= 11 is 0. The molecule has 2 N–H and O–H groups in total. The van der Waals surface area contributed by atoms with Crippen molar-refractivity contribution in [1.82, 2.24) is 10.2 Å².